The molecule has 2 heterocycles. The van der Waals surface area contributed by atoms with E-state index in [1.807, 2.05) is 11.8 Å². The number of ether oxygens (including phenoxy) is 1. The molecule has 2 saturated heterocycles. The van der Waals surface area contributed by atoms with Gasteiger partial charge in [-0.1, -0.05) is 0 Å². The Balaban J connectivity index is 1.98. The van der Waals surface area contributed by atoms with E-state index >= 15 is 0 Å². The molecule has 2 fully saturated rings. The zero-order valence-corrected chi connectivity index (χ0v) is 10.2. The molecule has 2 N–H and O–H groups in total. The van der Waals surface area contributed by atoms with Gasteiger partial charge in [-0.2, -0.15) is 0 Å². The Kier molecular flexibility index (Phi) is 3.50. The van der Waals surface area contributed by atoms with Crippen LogP contribution >= 0.6 is 0 Å². The summed E-state index contributed by atoms with van der Waals surface area (Å²) in [6.07, 6.45) is 2.80. The van der Waals surface area contributed by atoms with Crippen molar-refractivity contribution in [3.63, 3.8) is 0 Å². The molecule has 0 aromatic heterocycles. The van der Waals surface area contributed by atoms with E-state index < -0.39 is 0 Å². The molecule has 1 amide bonds. The Morgan fingerprint density at radius 1 is 1.38 bits per heavy atom. The topological polar surface area (TPSA) is 55.6 Å². The Labute approximate surface area is 97.1 Å². The zero-order chi connectivity index (χ0) is 11.7. The number of likely N-dealkylation sites (tertiary alicyclic amines) is 1. The van der Waals surface area contributed by atoms with Gasteiger partial charge in [-0.15, -0.1) is 0 Å². The van der Waals surface area contributed by atoms with Crippen LogP contribution in [-0.4, -0.2) is 42.1 Å². The molecule has 92 valence electrons. The Hall–Kier alpha value is -0.610. The summed E-state index contributed by atoms with van der Waals surface area (Å²) in [5.41, 5.74) is 5.91. The molecule has 0 aromatic carbocycles. The minimum absolute atomic E-state index is 0.0665. The van der Waals surface area contributed by atoms with E-state index in [4.69, 9.17) is 10.5 Å². The van der Waals surface area contributed by atoms with Crippen molar-refractivity contribution < 1.29 is 9.53 Å². The van der Waals surface area contributed by atoms with Crippen molar-refractivity contribution in [2.24, 2.45) is 11.7 Å². The lowest BCUT2D eigenvalue weighted by Crippen LogP contribution is -2.51. The lowest BCUT2D eigenvalue weighted by Gasteiger charge is -2.38. The fourth-order valence-corrected chi connectivity index (χ4v) is 2.80. The van der Waals surface area contributed by atoms with Gasteiger partial charge in [0.2, 0.25) is 5.91 Å². The van der Waals surface area contributed by atoms with Crippen molar-refractivity contribution in [3.8, 4) is 0 Å². The molecule has 4 atom stereocenters. The molecule has 16 heavy (non-hydrogen) atoms. The van der Waals surface area contributed by atoms with Crippen LogP contribution in [-0.2, 0) is 9.53 Å². The maximum atomic E-state index is 12.3. The number of hydrogen-bond donors (Lipinski definition) is 1. The molecule has 0 aliphatic carbocycles. The number of nitrogens with zero attached hydrogens (tertiary/aromatic N) is 1. The second-order valence-corrected chi connectivity index (χ2v) is 5.14. The van der Waals surface area contributed by atoms with Crippen molar-refractivity contribution in [3.05, 3.63) is 0 Å². The van der Waals surface area contributed by atoms with Gasteiger partial charge in [0.25, 0.3) is 0 Å². The lowest BCUT2D eigenvalue weighted by molar-refractivity contribution is -0.140. The van der Waals surface area contributed by atoms with E-state index in [-0.39, 0.29) is 30.0 Å². The summed E-state index contributed by atoms with van der Waals surface area (Å²) in [6, 6.07) is 0.542. The van der Waals surface area contributed by atoms with Gasteiger partial charge in [0.15, 0.2) is 0 Å². The summed E-state index contributed by atoms with van der Waals surface area (Å²) in [5.74, 6) is 0.334. The van der Waals surface area contributed by atoms with Crippen LogP contribution in [0.3, 0.4) is 0 Å². The monoisotopic (exact) mass is 226 g/mol. The first-order chi connectivity index (χ1) is 7.59. The van der Waals surface area contributed by atoms with Crippen LogP contribution in [0.5, 0.6) is 0 Å². The standard InChI is InChI=1S/C12H22N2O2/c1-8-7-10(13)3-5-14(8)12(15)11-4-6-16-9(11)2/h8-11H,3-7,13H2,1-2H3. The lowest BCUT2D eigenvalue weighted by atomic mass is 9.94. The first-order valence-electron chi connectivity index (χ1n) is 6.27. The van der Waals surface area contributed by atoms with E-state index in [0.717, 1.165) is 32.4 Å². The Morgan fingerprint density at radius 3 is 2.69 bits per heavy atom. The number of piperidine rings is 1. The Bertz CT molecular complexity index is 270. The fourth-order valence-electron chi connectivity index (χ4n) is 2.80. The van der Waals surface area contributed by atoms with Crippen molar-refractivity contribution in [2.75, 3.05) is 13.2 Å². The highest BCUT2D eigenvalue weighted by Crippen LogP contribution is 2.26. The van der Waals surface area contributed by atoms with Crippen LogP contribution in [0.4, 0.5) is 0 Å². The highest BCUT2D eigenvalue weighted by Gasteiger charge is 2.36. The second-order valence-electron chi connectivity index (χ2n) is 5.14. The van der Waals surface area contributed by atoms with Gasteiger partial charge in [0.05, 0.1) is 12.0 Å². The molecule has 2 rings (SSSR count). The maximum Gasteiger partial charge on any atom is 0.228 e. The van der Waals surface area contributed by atoms with Crippen molar-refractivity contribution in [1.82, 2.24) is 4.90 Å². The predicted octanol–water partition coefficient (Wildman–Crippen LogP) is 0.750. The molecule has 0 bridgehead atoms. The molecule has 2 aliphatic rings. The molecule has 4 unspecified atom stereocenters. The van der Waals surface area contributed by atoms with Gasteiger partial charge in [-0.25, -0.2) is 0 Å². The minimum atomic E-state index is 0.0665. The summed E-state index contributed by atoms with van der Waals surface area (Å²) in [7, 11) is 0. The molecule has 4 nitrogen and oxygen atoms in total. The quantitative estimate of drug-likeness (QED) is 0.718. The molecule has 0 saturated carbocycles. The van der Waals surface area contributed by atoms with Crippen LogP contribution in [0.25, 0.3) is 0 Å². The van der Waals surface area contributed by atoms with E-state index in [9.17, 15) is 4.79 Å². The highest BCUT2D eigenvalue weighted by atomic mass is 16.5. The number of hydrogen-bond acceptors (Lipinski definition) is 3. The average Bonchev–Trinajstić information content (AvgIpc) is 2.63. The number of amides is 1. The third kappa shape index (κ3) is 2.23. The van der Waals surface area contributed by atoms with E-state index in [1.54, 1.807) is 0 Å². The van der Waals surface area contributed by atoms with Gasteiger partial charge in [-0.05, 0) is 33.1 Å². The molecule has 4 heteroatoms. The molecule has 0 radical (unpaired) electrons. The van der Waals surface area contributed by atoms with Gasteiger partial charge in [0, 0.05) is 25.2 Å². The van der Waals surface area contributed by atoms with Crippen LogP contribution in [0.1, 0.15) is 33.1 Å². The smallest absolute Gasteiger partial charge is 0.228 e. The van der Waals surface area contributed by atoms with Gasteiger partial charge in [0.1, 0.15) is 0 Å². The normalized spacial score (nSPS) is 40.1. The second kappa shape index (κ2) is 4.72. The van der Waals surface area contributed by atoms with Gasteiger partial charge < -0.3 is 15.4 Å². The number of carbonyl (C=O) groups excluding carboxylic acids is 1. The van der Waals surface area contributed by atoms with Crippen LogP contribution < -0.4 is 5.73 Å². The van der Waals surface area contributed by atoms with Crippen molar-refractivity contribution in [2.45, 2.75) is 51.3 Å². The van der Waals surface area contributed by atoms with Gasteiger partial charge in [-0.3, -0.25) is 4.79 Å². The summed E-state index contributed by atoms with van der Waals surface area (Å²) < 4.78 is 5.46. The van der Waals surface area contributed by atoms with E-state index in [2.05, 4.69) is 6.92 Å². The molecule has 0 spiro atoms. The summed E-state index contributed by atoms with van der Waals surface area (Å²) in [4.78, 5) is 14.3. The maximum absolute atomic E-state index is 12.3. The number of rotatable bonds is 1. The van der Waals surface area contributed by atoms with Crippen LogP contribution in [0, 0.1) is 5.92 Å². The van der Waals surface area contributed by atoms with Crippen LogP contribution in [0.2, 0.25) is 0 Å². The van der Waals surface area contributed by atoms with Gasteiger partial charge >= 0.3 is 0 Å². The first-order valence-corrected chi connectivity index (χ1v) is 6.27. The average molecular weight is 226 g/mol. The molecule has 2 aliphatic heterocycles. The molecule has 0 aromatic rings. The highest BCUT2D eigenvalue weighted by molar-refractivity contribution is 5.80. The van der Waals surface area contributed by atoms with Crippen LogP contribution in [0.15, 0.2) is 0 Å². The Morgan fingerprint density at radius 2 is 2.12 bits per heavy atom. The number of nitrogens with two attached hydrogens (primary N) is 1. The zero-order valence-electron chi connectivity index (χ0n) is 10.2. The van der Waals surface area contributed by atoms with E-state index in [1.165, 1.54) is 0 Å². The summed E-state index contributed by atoms with van der Waals surface area (Å²) in [5, 5.41) is 0. The third-order valence-electron chi connectivity index (χ3n) is 3.89. The molecular formula is C12H22N2O2. The fraction of sp³-hybridized carbons (Fsp3) is 0.917. The van der Waals surface area contributed by atoms with Crippen molar-refractivity contribution >= 4 is 5.91 Å². The summed E-state index contributed by atoms with van der Waals surface area (Å²) in [6.45, 7) is 5.62. The summed E-state index contributed by atoms with van der Waals surface area (Å²) >= 11 is 0. The van der Waals surface area contributed by atoms with E-state index in [0.29, 0.717) is 0 Å². The largest absolute Gasteiger partial charge is 0.378 e. The number of carbonyl (C=O) groups is 1. The predicted molar refractivity (Wildman–Crippen MR) is 61.9 cm³/mol. The third-order valence-corrected chi connectivity index (χ3v) is 3.89. The SMILES string of the molecule is CC1OCCC1C(=O)N1CCC(N)CC1C. The minimum Gasteiger partial charge on any atom is -0.378 e. The first kappa shape index (κ1) is 11.9. The van der Waals surface area contributed by atoms with Crippen molar-refractivity contribution in [1.29, 1.82) is 0 Å². The molecular weight excluding hydrogens is 204 g/mol.